The number of nitrogens with two attached hydrogens (primary N) is 2. The van der Waals surface area contributed by atoms with Crippen molar-refractivity contribution in [2.24, 2.45) is 11.6 Å². The summed E-state index contributed by atoms with van der Waals surface area (Å²) in [6, 6.07) is 0. The summed E-state index contributed by atoms with van der Waals surface area (Å²) in [6.45, 7) is 0. The van der Waals surface area contributed by atoms with E-state index in [0.29, 0.717) is 11.4 Å². The van der Waals surface area contributed by atoms with Gasteiger partial charge in [-0.15, -0.1) is 0 Å². The summed E-state index contributed by atoms with van der Waals surface area (Å²) in [5, 5.41) is 1.39. The van der Waals surface area contributed by atoms with Crippen molar-refractivity contribution >= 4 is 6.29 Å². The van der Waals surface area contributed by atoms with Crippen LogP contribution < -0.4 is 11.6 Å². The zero-order valence-electron chi connectivity index (χ0n) is 6.60. The van der Waals surface area contributed by atoms with Crippen LogP contribution in [0.15, 0.2) is 35.8 Å². The summed E-state index contributed by atoms with van der Waals surface area (Å²) in [4.78, 5) is 10.1. The molecule has 0 aromatic rings. The van der Waals surface area contributed by atoms with Gasteiger partial charge in [-0.25, -0.2) is 5.84 Å². The molecule has 1 heterocycles. The van der Waals surface area contributed by atoms with Crippen molar-refractivity contribution in [1.29, 1.82) is 0 Å². The van der Waals surface area contributed by atoms with Gasteiger partial charge in [-0.2, -0.15) is 0 Å². The molecule has 0 spiro atoms. The van der Waals surface area contributed by atoms with Gasteiger partial charge in [-0.3, -0.25) is 5.01 Å². The molecule has 12 heavy (non-hydrogen) atoms. The van der Waals surface area contributed by atoms with Gasteiger partial charge in [0.2, 0.25) is 0 Å². The maximum atomic E-state index is 10.1. The molecule has 0 unspecified atom stereocenters. The second-order valence-electron chi connectivity index (χ2n) is 2.39. The van der Waals surface area contributed by atoms with E-state index in [0.717, 1.165) is 6.29 Å². The van der Waals surface area contributed by atoms with Crippen LogP contribution in [0.1, 0.15) is 6.42 Å². The van der Waals surface area contributed by atoms with Crippen LogP contribution in [0.25, 0.3) is 0 Å². The van der Waals surface area contributed by atoms with Crippen LogP contribution in [-0.2, 0) is 4.79 Å². The third kappa shape index (κ3) is 1.73. The van der Waals surface area contributed by atoms with Gasteiger partial charge in [0.25, 0.3) is 0 Å². The first-order chi connectivity index (χ1) is 5.75. The molecule has 0 aliphatic carbocycles. The van der Waals surface area contributed by atoms with Gasteiger partial charge in [0.15, 0.2) is 0 Å². The van der Waals surface area contributed by atoms with E-state index in [9.17, 15) is 4.79 Å². The van der Waals surface area contributed by atoms with E-state index in [-0.39, 0.29) is 6.42 Å². The fourth-order valence-corrected chi connectivity index (χ4v) is 0.923. The maximum Gasteiger partial charge on any atom is 0.125 e. The average Bonchev–Trinajstić information content (AvgIpc) is 2.05. The SMILES string of the molecule is N/C(CC=O)=C1\C=CC=CN1N. The van der Waals surface area contributed by atoms with Crippen molar-refractivity contribution in [3.8, 4) is 0 Å². The Morgan fingerprint density at radius 1 is 1.58 bits per heavy atom. The van der Waals surface area contributed by atoms with Crippen molar-refractivity contribution in [1.82, 2.24) is 5.01 Å². The Labute approximate surface area is 70.8 Å². The topological polar surface area (TPSA) is 72.4 Å². The van der Waals surface area contributed by atoms with Gasteiger partial charge in [0.05, 0.1) is 5.70 Å². The molecule has 0 saturated carbocycles. The van der Waals surface area contributed by atoms with Gasteiger partial charge in [0, 0.05) is 18.3 Å². The molecule has 0 bridgehead atoms. The number of carbonyl (C=O) groups excluding carboxylic acids is 1. The molecule has 0 fully saturated rings. The molecule has 1 rings (SSSR count). The molecule has 64 valence electrons. The first-order valence-corrected chi connectivity index (χ1v) is 3.56. The largest absolute Gasteiger partial charge is 0.400 e. The van der Waals surface area contributed by atoms with E-state index in [1.807, 2.05) is 6.08 Å². The number of carbonyl (C=O) groups is 1. The van der Waals surface area contributed by atoms with Crippen molar-refractivity contribution in [3.05, 3.63) is 35.8 Å². The van der Waals surface area contributed by atoms with E-state index in [2.05, 4.69) is 0 Å². The van der Waals surface area contributed by atoms with Crippen molar-refractivity contribution in [2.45, 2.75) is 6.42 Å². The number of hydrogen-bond donors (Lipinski definition) is 2. The second kappa shape index (κ2) is 3.73. The molecular weight excluding hydrogens is 154 g/mol. The smallest absolute Gasteiger partial charge is 0.125 e. The highest BCUT2D eigenvalue weighted by Crippen LogP contribution is 2.11. The lowest BCUT2D eigenvalue weighted by Gasteiger charge is -2.18. The quantitative estimate of drug-likeness (QED) is 0.446. The summed E-state index contributed by atoms with van der Waals surface area (Å²) < 4.78 is 0. The number of nitrogens with zero attached hydrogens (tertiary/aromatic N) is 1. The molecule has 0 aromatic heterocycles. The summed E-state index contributed by atoms with van der Waals surface area (Å²) in [7, 11) is 0. The van der Waals surface area contributed by atoms with Gasteiger partial charge < -0.3 is 10.5 Å². The second-order valence-corrected chi connectivity index (χ2v) is 2.39. The molecule has 4 nitrogen and oxygen atoms in total. The monoisotopic (exact) mass is 165 g/mol. The molecule has 4 heteroatoms. The van der Waals surface area contributed by atoms with E-state index >= 15 is 0 Å². The minimum Gasteiger partial charge on any atom is -0.400 e. The average molecular weight is 165 g/mol. The summed E-state index contributed by atoms with van der Waals surface area (Å²) in [6.07, 6.45) is 8.00. The highest BCUT2D eigenvalue weighted by atomic mass is 16.1. The van der Waals surface area contributed by atoms with E-state index in [1.165, 1.54) is 5.01 Å². The minimum atomic E-state index is 0.210. The molecule has 4 N–H and O–H groups in total. The normalized spacial score (nSPS) is 19.6. The maximum absolute atomic E-state index is 10.1. The Hall–Kier alpha value is -1.55. The lowest BCUT2D eigenvalue weighted by molar-refractivity contribution is -0.107. The van der Waals surface area contributed by atoms with Crippen molar-refractivity contribution < 1.29 is 4.79 Å². The van der Waals surface area contributed by atoms with E-state index < -0.39 is 0 Å². The highest BCUT2D eigenvalue weighted by Gasteiger charge is 2.05. The predicted octanol–water partition coefficient (Wildman–Crippen LogP) is 0.00490. The zero-order chi connectivity index (χ0) is 8.97. The number of hydrazine groups is 1. The minimum absolute atomic E-state index is 0.210. The summed E-state index contributed by atoms with van der Waals surface area (Å²) >= 11 is 0. The molecule has 0 amide bonds. The molecule has 1 aliphatic rings. The third-order valence-corrected chi connectivity index (χ3v) is 1.52. The van der Waals surface area contributed by atoms with Crippen LogP contribution in [0.5, 0.6) is 0 Å². The third-order valence-electron chi connectivity index (χ3n) is 1.52. The van der Waals surface area contributed by atoms with Crippen LogP contribution >= 0.6 is 0 Å². The lowest BCUT2D eigenvalue weighted by atomic mass is 10.2. The molecule has 0 aromatic carbocycles. The number of hydrogen-bond acceptors (Lipinski definition) is 4. The lowest BCUT2D eigenvalue weighted by Crippen LogP contribution is -2.27. The Bertz CT molecular complexity index is 265. The molecule has 1 aliphatic heterocycles. The van der Waals surface area contributed by atoms with Crippen LogP contribution in [0.2, 0.25) is 0 Å². The van der Waals surface area contributed by atoms with Gasteiger partial charge in [-0.1, -0.05) is 6.08 Å². The summed E-state index contributed by atoms with van der Waals surface area (Å²) in [5.41, 5.74) is 6.74. The fraction of sp³-hybridized carbons (Fsp3) is 0.125. The van der Waals surface area contributed by atoms with Gasteiger partial charge in [-0.05, 0) is 12.2 Å². The zero-order valence-corrected chi connectivity index (χ0v) is 6.60. The van der Waals surface area contributed by atoms with E-state index in [1.54, 1.807) is 18.4 Å². The van der Waals surface area contributed by atoms with E-state index in [4.69, 9.17) is 11.6 Å². The van der Waals surface area contributed by atoms with Crippen LogP contribution in [0.4, 0.5) is 0 Å². The molecule has 0 saturated heterocycles. The van der Waals surface area contributed by atoms with Gasteiger partial charge >= 0.3 is 0 Å². The van der Waals surface area contributed by atoms with Crippen LogP contribution in [0, 0.1) is 0 Å². The Balaban J connectivity index is 2.85. The molecule has 0 atom stereocenters. The molecule has 0 radical (unpaired) electrons. The van der Waals surface area contributed by atoms with Crippen molar-refractivity contribution in [3.63, 3.8) is 0 Å². The fourth-order valence-electron chi connectivity index (χ4n) is 0.923. The Kier molecular flexibility index (Phi) is 2.66. The van der Waals surface area contributed by atoms with Crippen molar-refractivity contribution in [2.75, 3.05) is 0 Å². The summed E-state index contributed by atoms with van der Waals surface area (Å²) in [5.74, 6) is 5.55. The Morgan fingerprint density at radius 2 is 2.33 bits per heavy atom. The first-order valence-electron chi connectivity index (χ1n) is 3.56. The highest BCUT2D eigenvalue weighted by molar-refractivity contribution is 5.55. The number of aldehydes is 1. The van der Waals surface area contributed by atoms with Crippen LogP contribution in [0.3, 0.4) is 0 Å². The van der Waals surface area contributed by atoms with Crippen LogP contribution in [-0.4, -0.2) is 11.3 Å². The number of allylic oxidation sites excluding steroid dienone is 4. The number of rotatable bonds is 2. The molecular formula is C8H11N3O. The predicted molar refractivity (Wildman–Crippen MR) is 46.2 cm³/mol. The van der Waals surface area contributed by atoms with Gasteiger partial charge in [0.1, 0.15) is 6.29 Å². The standard InChI is InChI=1S/C8H11N3O/c9-7(4-6-12)8-3-1-2-5-11(8)10/h1-3,5-6H,4,9-10H2/b8-7+. The first kappa shape index (κ1) is 8.55. The Morgan fingerprint density at radius 3 is 2.92 bits per heavy atom.